The topological polar surface area (TPSA) is 37.3 Å². The Bertz CT molecular complexity index is 311. The van der Waals surface area contributed by atoms with Crippen LogP contribution in [0.5, 0.6) is 0 Å². The molecule has 13 heavy (non-hydrogen) atoms. The van der Waals surface area contributed by atoms with Crippen LogP contribution in [0, 0.1) is 5.41 Å². The quantitative estimate of drug-likeness (QED) is 0.522. The van der Waals surface area contributed by atoms with E-state index in [0.29, 0.717) is 0 Å². The average molecular weight is 201 g/mol. The second kappa shape index (κ2) is 2.30. The molecule has 0 aromatic carbocycles. The molecular formula is C10H13ClO2. The molecule has 0 saturated heterocycles. The predicted octanol–water partition coefficient (Wildman–Crippen LogP) is 2.57. The Morgan fingerprint density at radius 1 is 1.46 bits per heavy atom. The molecule has 1 atom stereocenters. The minimum absolute atomic E-state index is 0.337. The lowest BCUT2D eigenvalue weighted by Gasteiger charge is -2.16. The monoisotopic (exact) mass is 200 g/mol. The van der Waals surface area contributed by atoms with E-state index in [2.05, 4.69) is 0 Å². The average Bonchev–Trinajstić information content (AvgIpc) is 2.32. The van der Waals surface area contributed by atoms with Crippen LogP contribution < -0.4 is 0 Å². The second-order valence-electron chi connectivity index (χ2n) is 4.42. The van der Waals surface area contributed by atoms with E-state index in [1.54, 1.807) is 0 Å². The molecule has 72 valence electrons. The smallest absolute Gasteiger partial charge is 0.329 e. The van der Waals surface area contributed by atoms with Gasteiger partial charge in [-0.05, 0) is 24.8 Å². The van der Waals surface area contributed by atoms with Gasteiger partial charge in [0.15, 0.2) is 4.87 Å². The van der Waals surface area contributed by atoms with Crippen molar-refractivity contribution < 1.29 is 9.90 Å². The van der Waals surface area contributed by atoms with Gasteiger partial charge in [0, 0.05) is 5.41 Å². The number of carboxylic acid groups (broad SMARTS) is 1. The van der Waals surface area contributed by atoms with Crippen LogP contribution in [-0.2, 0) is 4.79 Å². The number of hydrogen-bond acceptors (Lipinski definition) is 1. The zero-order valence-corrected chi connectivity index (χ0v) is 8.61. The number of allylic oxidation sites excluding steroid dienone is 1. The Morgan fingerprint density at radius 3 is 2.23 bits per heavy atom. The van der Waals surface area contributed by atoms with Gasteiger partial charge in [0.25, 0.3) is 0 Å². The van der Waals surface area contributed by atoms with Gasteiger partial charge in [0.05, 0.1) is 0 Å². The Morgan fingerprint density at radius 2 is 2.00 bits per heavy atom. The molecule has 0 heterocycles. The first-order chi connectivity index (χ1) is 5.92. The number of hydrogen-bond donors (Lipinski definition) is 1. The minimum atomic E-state index is -1.09. The Hall–Kier alpha value is -0.500. The summed E-state index contributed by atoms with van der Waals surface area (Å²) in [6.45, 7) is 3.82. The number of carboxylic acids is 1. The van der Waals surface area contributed by atoms with Gasteiger partial charge >= 0.3 is 5.97 Å². The van der Waals surface area contributed by atoms with Gasteiger partial charge in [-0.2, -0.15) is 0 Å². The maximum Gasteiger partial charge on any atom is 0.329 e. The molecule has 2 rings (SSSR count). The molecule has 2 saturated carbocycles. The highest BCUT2D eigenvalue weighted by Gasteiger charge is 2.72. The predicted molar refractivity (Wildman–Crippen MR) is 50.9 cm³/mol. The molecule has 0 aliphatic heterocycles. The molecule has 0 aromatic heterocycles. The molecule has 2 aliphatic rings. The van der Waals surface area contributed by atoms with Crippen LogP contribution in [-0.4, -0.2) is 16.0 Å². The highest BCUT2D eigenvalue weighted by molar-refractivity contribution is 6.41. The van der Waals surface area contributed by atoms with Crippen molar-refractivity contribution >= 4 is 17.6 Å². The Balaban J connectivity index is 2.40. The summed E-state index contributed by atoms with van der Waals surface area (Å²) in [6.07, 6.45) is 3.27. The van der Waals surface area contributed by atoms with Gasteiger partial charge < -0.3 is 5.11 Å². The van der Waals surface area contributed by atoms with E-state index >= 15 is 0 Å². The zero-order chi connectivity index (χ0) is 9.85. The third-order valence-corrected chi connectivity index (χ3v) is 4.20. The van der Waals surface area contributed by atoms with Gasteiger partial charge in [-0.1, -0.05) is 19.4 Å². The molecule has 0 amide bonds. The Labute approximate surface area is 82.6 Å². The SMILES string of the molecule is CC1(C)C(=C2CCC2)C1(Cl)C(=O)O. The van der Waals surface area contributed by atoms with Gasteiger partial charge in [-0.15, -0.1) is 11.6 Å². The minimum Gasteiger partial charge on any atom is -0.480 e. The van der Waals surface area contributed by atoms with E-state index in [9.17, 15) is 4.79 Å². The molecule has 3 heteroatoms. The van der Waals surface area contributed by atoms with Crippen LogP contribution in [0.4, 0.5) is 0 Å². The van der Waals surface area contributed by atoms with Crippen molar-refractivity contribution in [1.29, 1.82) is 0 Å². The molecule has 2 nitrogen and oxygen atoms in total. The summed E-state index contributed by atoms with van der Waals surface area (Å²) >= 11 is 6.09. The molecule has 0 spiro atoms. The number of rotatable bonds is 1. The van der Waals surface area contributed by atoms with Crippen molar-refractivity contribution in [2.75, 3.05) is 0 Å². The lowest BCUT2D eigenvalue weighted by atomic mass is 9.90. The lowest BCUT2D eigenvalue weighted by Crippen LogP contribution is -2.21. The lowest BCUT2D eigenvalue weighted by molar-refractivity contribution is -0.137. The van der Waals surface area contributed by atoms with Crippen LogP contribution in [0.3, 0.4) is 0 Å². The molecule has 2 aliphatic carbocycles. The highest BCUT2D eigenvalue weighted by Crippen LogP contribution is 2.68. The number of carbonyl (C=O) groups is 1. The van der Waals surface area contributed by atoms with Gasteiger partial charge in [0.1, 0.15) is 0 Å². The summed E-state index contributed by atoms with van der Waals surface area (Å²) in [5.74, 6) is -0.895. The zero-order valence-electron chi connectivity index (χ0n) is 7.85. The van der Waals surface area contributed by atoms with Gasteiger partial charge in [0.2, 0.25) is 0 Å². The fourth-order valence-corrected chi connectivity index (χ4v) is 2.69. The van der Waals surface area contributed by atoms with Crippen molar-refractivity contribution in [3.63, 3.8) is 0 Å². The van der Waals surface area contributed by atoms with E-state index < -0.39 is 10.8 Å². The summed E-state index contributed by atoms with van der Waals surface area (Å²) in [5, 5.41) is 9.02. The number of alkyl halides is 1. The maximum atomic E-state index is 11.0. The maximum absolute atomic E-state index is 11.0. The van der Waals surface area contributed by atoms with Crippen molar-refractivity contribution in [2.24, 2.45) is 5.41 Å². The van der Waals surface area contributed by atoms with E-state index in [4.69, 9.17) is 16.7 Å². The fourth-order valence-electron chi connectivity index (χ4n) is 2.27. The normalized spacial score (nSPS) is 35.6. The van der Waals surface area contributed by atoms with Crippen molar-refractivity contribution in [3.8, 4) is 0 Å². The summed E-state index contributed by atoms with van der Waals surface area (Å²) in [6, 6.07) is 0. The Kier molecular flexibility index (Phi) is 1.60. The van der Waals surface area contributed by atoms with E-state index in [0.717, 1.165) is 18.4 Å². The number of halogens is 1. The van der Waals surface area contributed by atoms with Crippen LogP contribution in [0.1, 0.15) is 33.1 Å². The van der Waals surface area contributed by atoms with Crippen molar-refractivity contribution in [1.82, 2.24) is 0 Å². The first-order valence-electron chi connectivity index (χ1n) is 4.57. The standard InChI is InChI=1S/C10H13ClO2/c1-9(2)7(6-4-3-5-6)10(9,11)8(12)13/h3-5H2,1-2H3,(H,12,13). The van der Waals surface area contributed by atoms with E-state index in [-0.39, 0.29) is 5.41 Å². The largest absolute Gasteiger partial charge is 0.480 e. The molecule has 0 aromatic rings. The number of aliphatic carboxylic acids is 1. The first-order valence-corrected chi connectivity index (χ1v) is 4.95. The van der Waals surface area contributed by atoms with Crippen LogP contribution >= 0.6 is 11.6 Å². The van der Waals surface area contributed by atoms with Crippen LogP contribution in [0.2, 0.25) is 0 Å². The molecule has 1 unspecified atom stereocenters. The highest BCUT2D eigenvalue weighted by atomic mass is 35.5. The van der Waals surface area contributed by atoms with E-state index in [1.165, 1.54) is 12.0 Å². The van der Waals surface area contributed by atoms with Crippen LogP contribution in [0.15, 0.2) is 11.1 Å². The molecular weight excluding hydrogens is 188 g/mol. The van der Waals surface area contributed by atoms with Crippen molar-refractivity contribution in [2.45, 2.75) is 38.0 Å². The third kappa shape index (κ3) is 0.872. The summed E-state index contributed by atoms with van der Waals surface area (Å²) in [7, 11) is 0. The summed E-state index contributed by atoms with van der Waals surface area (Å²) in [4.78, 5) is 9.89. The fraction of sp³-hybridized carbons (Fsp3) is 0.700. The molecule has 0 radical (unpaired) electrons. The molecule has 0 bridgehead atoms. The molecule has 2 fully saturated rings. The summed E-state index contributed by atoms with van der Waals surface area (Å²) < 4.78 is 0. The third-order valence-electron chi connectivity index (χ3n) is 3.37. The first kappa shape index (κ1) is 9.07. The van der Waals surface area contributed by atoms with E-state index in [1.807, 2.05) is 13.8 Å². The molecule has 1 N–H and O–H groups in total. The summed E-state index contributed by atoms with van der Waals surface area (Å²) in [5.41, 5.74) is 1.92. The van der Waals surface area contributed by atoms with Crippen molar-refractivity contribution in [3.05, 3.63) is 11.1 Å². The van der Waals surface area contributed by atoms with Crippen LogP contribution in [0.25, 0.3) is 0 Å². The van der Waals surface area contributed by atoms with Gasteiger partial charge in [-0.3, -0.25) is 0 Å². The second-order valence-corrected chi connectivity index (χ2v) is 4.99. The van der Waals surface area contributed by atoms with Gasteiger partial charge in [-0.25, -0.2) is 4.79 Å².